The molecule has 0 saturated carbocycles. The third kappa shape index (κ3) is 5.89. The van der Waals surface area contributed by atoms with Crippen molar-refractivity contribution in [2.24, 2.45) is 0 Å². The van der Waals surface area contributed by atoms with Crippen molar-refractivity contribution in [3.05, 3.63) is 87.0 Å². The van der Waals surface area contributed by atoms with Crippen molar-refractivity contribution >= 4 is 28.4 Å². The Balaban J connectivity index is 1.63. The van der Waals surface area contributed by atoms with Crippen molar-refractivity contribution in [2.45, 2.75) is 25.7 Å². The quantitative estimate of drug-likeness (QED) is 0.232. The number of alkyl halides is 3. The van der Waals surface area contributed by atoms with Gasteiger partial charge in [0.25, 0.3) is 0 Å². The summed E-state index contributed by atoms with van der Waals surface area (Å²) in [7, 11) is 0. The molecule has 152 valence electrons. The van der Waals surface area contributed by atoms with Crippen molar-refractivity contribution in [2.75, 3.05) is 6.61 Å². The molecule has 2 aromatic carbocycles. The van der Waals surface area contributed by atoms with E-state index in [2.05, 4.69) is 4.98 Å². The van der Waals surface area contributed by atoms with Crippen LogP contribution in [0.1, 0.15) is 33.7 Å². The number of carbonyl (C=O) groups excluding carboxylic acids is 1. The average Bonchev–Trinajstić information content (AvgIpc) is 3.08. The molecule has 0 aliphatic heterocycles. The van der Waals surface area contributed by atoms with Gasteiger partial charge in [-0.25, -0.2) is 4.98 Å². The van der Waals surface area contributed by atoms with Crippen molar-refractivity contribution < 1.29 is 22.7 Å². The maximum absolute atomic E-state index is 12.9. The number of aryl methyl sites for hydroxylation is 1. The molecule has 0 N–H and O–H groups in total. The Morgan fingerprint density at radius 2 is 1.86 bits per heavy atom. The highest BCUT2D eigenvalue weighted by molar-refractivity contribution is 14.1. The Labute approximate surface area is 179 Å². The highest BCUT2D eigenvalue weighted by Gasteiger charge is 2.31. The van der Waals surface area contributed by atoms with Gasteiger partial charge in [0.05, 0.1) is 12.2 Å². The summed E-state index contributed by atoms with van der Waals surface area (Å²) in [4.78, 5) is 17.0. The molecule has 0 saturated heterocycles. The van der Waals surface area contributed by atoms with Crippen LogP contribution < -0.4 is 0 Å². The van der Waals surface area contributed by atoms with Gasteiger partial charge in [0.15, 0.2) is 5.82 Å². The molecule has 0 radical (unpaired) electrons. The van der Waals surface area contributed by atoms with E-state index in [1.807, 2.05) is 52.9 Å². The summed E-state index contributed by atoms with van der Waals surface area (Å²) in [6, 6.07) is 14.2. The maximum Gasteiger partial charge on any atom is 0.416 e. The summed E-state index contributed by atoms with van der Waals surface area (Å²) >= 11 is 1.98. The Morgan fingerprint density at radius 1 is 1.10 bits per heavy atom. The minimum absolute atomic E-state index is 0.0385. The maximum atomic E-state index is 12.9. The van der Waals surface area contributed by atoms with Gasteiger partial charge in [-0.05, 0) is 46.7 Å². The van der Waals surface area contributed by atoms with Gasteiger partial charge in [-0.1, -0.05) is 42.5 Å². The molecule has 0 atom stereocenters. The van der Waals surface area contributed by atoms with E-state index in [0.29, 0.717) is 29.9 Å². The van der Waals surface area contributed by atoms with Crippen LogP contribution in [0.25, 0.3) is 0 Å². The average molecular weight is 514 g/mol. The van der Waals surface area contributed by atoms with Gasteiger partial charge >= 0.3 is 6.18 Å². The van der Waals surface area contributed by atoms with E-state index in [4.69, 9.17) is 4.74 Å². The smallest absolute Gasteiger partial charge is 0.377 e. The predicted molar refractivity (Wildman–Crippen MR) is 111 cm³/mol. The zero-order valence-electron chi connectivity index (χ0n) is 15.3. The molecule has 3 aromatic rings. The van der Waals surface area contributed by atoms with Crippen LogP contribution in [0.3, 0.4) is 0 Å². The summed E-state index contributed by atoms with van der Waals surface area (Å²) < 4.78 is 46.7. The van der Waals surface area contributed by atoms with Crippen LogP contribution in [0.15, 0.2) is 60.8 Å². The van der Waals surface area contributed by atoms with Gasteiger partial charge in [0.2, 0.25) is 5.78 Å². The van der Waals surface area contributed by atoms with Gasteiger partial charge in [-0.3, -0.25) is 4.79 Å². The molecule has 0 aliphatic carbocycles. The van der Waals surface area contributed by atoms with Crippen LogP contribution in [0.5, 0.6) is 0 Å². The molecular weight excluding hydrogens is 496 g/mol. The second-order valence-corrected chi connectivity index (χ2v) is 7.49. The van der Waals surface area contributed by atoms with Crippen LogP contribution in [0, 0.1) is 3.70 Å². The van der Waals surface area contributed by atoms with Crippen molar-refractivity contribution in [3.63, 3.8) is 0 Å². The summed E-state index contributed by atoms with van der Waals surface area (Å²) in [5, 5.41) is 0. The highest BCUT2D eigenvalue weighted by atomic mass is 127. The molecule has 0 amide bonds. The first-order chi connectivity index (χ1) is 13.8. The zero-order valence-corrected chi connectivity index (χ0v) is 17.5. The van der Waals surface area contributed by atoms with E-state index >= 15 is 0 Å². The summed E-state index contributed by atoms with van der Waals surface area (Å²) in [5.74, 6) is -0.416. The lowest BCUT2D eigenvalue weighted by Crippen LogP contribution is -2.14. The number of nitrogens with zero attached hydrogens (tertiary/aromatic N) is 2. The van der Waals surface area contributed by atoms with Crippen LogP contribution in [0.2, 0.25) is 0 Å². The number of ketones is 1. The molecule has 8 heteroatoms. The van der Waals surface area contributed by atoms with Crippen molar-refractivity contribution in [1.29, 1.82) is 0 Å². The number of ether oxygens (including phenoxy) is 1. The lowest BCUT2D eigenvalue weighted by Gasteiger charge is -2.10. The third-order valence-corrected chi connectivity index (χ3v) is 4.72. The number of hydrogen-bond acceptors (Lipinski definition) is 3. The second kappa shape index (κ2) is 9.53. The standard InChI is InChI=1S/C21H18F3IN2O2/c22-21(23,24)17-9-4-8-16(12-17)19(28)20-26-18(25)13-27(20)10-5-11-29-14-15-6-2-1-3-7-15/h1-4,6-9,12-13H,5,10-11,14H2. The first-order valence-corrected chi connectivity index (χ1v) is 9.99. The Morgan fingerprint density at radius 3 is 2.59 bits per heavy atom. The van der Waals surface area contributed by atoms with E-state index in [1.54, 1.807) is 10.8 Å². The molecule has 0 fully saturated rings. The topological polar surface area (TPSA) is 44.1 Å². The molecule has 0 aliphatic rings. The van der Waals surface area contributed by atoms with Crippen LogP contribution in [-0.4, -0.2) is 21.9 Å². The largest absolute Gasteiger partial charge is 0.416 e. The number of carbonyl (C=O) groups is 1. The molecule has 0 unspecified atom stereocenters. The first-order valence-electron chi connectivity index (χ1n) is 8.91. The molecule has 1 aromatic heterocycles. The third-order valence-electron chi connectivity index (χ3n) is 4.20. The fourth-order valence-electron chi connectivity index (χ4n) is 2.80. The van der Waals surface area contributed by atoms with E-state index in [1.165, 1.54) is 12.1 Å². The van der Waals surface area contributed by atoms with Crippen LogP contribution in [-0.2, 0) is 24.1 Å². The molecular formula is C21H18F3IN2O2. The molecule has 3 rings (SSSR count). The van der Waals surface area contributed by atoms with Gasteiger partial charge in [0.1, 0.15) is 3.70 Å². The number of rotatable bonds is 8. The van der Waals surface area contributed by atoms with Gasteiger partial charge in [-0.15, -0.1) is 0 Å². The Hall–Kier alpha value is -2.20. The minimum Gasteiger partial charge on any atom is -0.377 e. The lowest BCUT2D eigenvalue weighted by molar-refractivity contribution is -0.137. The second-order valence-electron chi connectivity index (χ2n) is 6.38. The summed E-state index contributed by atoms with van der Waals surface area (Å²) in [6.07, 6.45) is -2.16. The van der Waals surface area contributed by atoms with E-state index < -0.39 is 17.5 Å². The lowest BCUT2D eigenvalue weighted by atomic mass is 10.1. The molecule has 1 heterocycles. The van der Waals surface area contributed by atoms with Gasteiger partial charge in [-0.2, -0.15) is 13.2 Å². The fraction of sp³-hybridized carbons (Fsp3) is 0.238. The minimum atomic E-state index is -4.50. The zero-order chi connectivity index (χ0) is 20.9. The molecule has 29 heavy (non-hydrogen) atoms. The van der Waals surface area contributed by atoms with Crippen molar-refractivity contribution in [1.82, 2.24) is 9.55 Å². The SMILES string of the molecule is O=C(c1cccc(C(F)(F)F)c1)c1nc(I)cn1CCCOCc1ccccc1. The number of imidazole rings is 1. The monoisotopic (exact) mass is 514 g/mol. The van der Waals surface area contributed by atoms with Crippen LogP contribution in [0.4, 0.5) is 13.2 Å². The first kappa shape index (κ1) is 21.5. The molecule has 0 bridgehead atoms. The summed E-state index contributed by atoms with van der Waals surface area (Å²) in [5.41, 5.74) is 0.180. The van der Waals surface area contributed by atoms with Gasteiger partial charge < -0.3 is 9.30 Å². The Kier molecular flexibility index (Phi) is 7.07. The van der Waals surface area contributed by atoms with Crippen LogP contribution >= 0.6 is 22.6 Å². The fourth-order valence-corrected chi connectivity index (χ4v) is 3.37. The van der Waals surface area contributed by atoms with Crippen molar-refractivity contribution in [3.8, 4) is 0 Å². The van der Waals surface area contributed by atoms with E-state index in [0.717, 1.165) is 17.7 Å². The molecule has 0 spiro atoms. The number of benzene rings is 2. The number of hydrogen-bond donors (Lipinski definition) is 0. The predicted octanol–water partition coefficient (Wildman–Crippen LogP) is 5.34. The van der Waals surface area contributed by atoms with E-state index in [-0.39, 0.29) is 11.4 Å². The highest BCUT2D eigenvalue weighted by Crippen LogP contribution is 2.30. The number of aromatic nitrogens is 2. The van der Waals surface area contributed by atoms with Gasteiger partial charge in [0, 0.05) is 24.9 Å². The summed E-state index contributed by atoms with van der Waals surface area (Å²) in [6.45, 7) is 1.46. The molecule has 4 nitrogen and oxygen atoms in total. The Bertz CT molecular complexity index is 972. The normalized spacial score (nSPS) is 11.6. The van der Waals surface area contributed by atoms with E-state index in [9.17, 15) is 18.0 Å². The number of halogens is 4.